The number of unbranched alkanes of at least 4 members (excludes halogenated alkanes) is 3. The first-order chi connectivity index (χ1) is 8.10. The zero-order valence-corrected chi connectivity index (χ0v) is 11.1. The first-order valence-corrected chi connectivity index (χ1v) is 6.95. The van der Waals surface area contributed by atoms with Gasteiger partial charge in [0.2, 0.25) is 0 Å². The fourth-order valence-corrected chi connectivity index (χ4v) is 3.12. The molecule has 0 heterocycles. The van der Waals surface area contributed by atoms with Crippen molar-refractivity contribution >= 4 is 5.97 Å². The molecule has 0 radical (unpaired) electrons. The highest BCUT2D eigenvalue weighted by molar-refractivity contribution is 5.74. The van der Waals surface area contributed by atoms with Crippen LogP contribution < -0.4 is 0 Å². The third-order valence-corrected chi connectivity index (χ3v) is 4.11. The molecule has 0 bridgehead atoms. The first-order valence-electron chi connectivity index (χ1n) is 6.95. The number of aliphatic carboxylic acids is 1. The normalized spacial score (nSPS) is 28.9. The molecule has 2 atom stereocenters. The highest BCUT2D eigenvalue weighted by atomic mass is 16.4. The maximum Gasteiger partial charge on any atom is 0.309 e. The van der Waals surface area contributed by atoms with Crippen molar-refractivity contribution in [1.29, 1.82) is 0 Å². The van der Waals surface area contributed by atoms with Crippen molar-refractivity contribution in [3.8, 4) is 0 Å². The Kier molecular flexibility index (Phi) is 5.73. The SMILES string of the molecule is C=CCCCCCC1(C(=O)O)CCCC(C)C1. The zero-order valence-electron chi connectivity index (χ0n) is 11.1. The van der Waals surface area contributed by atoms with E-state index >= 15 is 0 Å². The second kappa shape index (κ2) is 6.83. The number of carbonyl (C=O) groups is 1. The maximum atomic E-state index is 11.5. The number of allylic oxidation sites excluding steroid dienone is 1. The van der Waals surface area contributed by atoms with Gasteiger partial charge in [-0.2, -0.15) is 0 Å². The molecular formula is C15H26O2. The van der Waals surface area contributed by atoms with Gasteiger partial charge in [-0.3, -0.25) is 4.79 Å². The number of hydrogen-bond donors (Lipinski definition) is 1. The predicted molar refractivity (Wildman–Crippen MR) is 71.0 cm³/mol. The van der Waals surface area contributed by atoms with E-state index in [-0.39, 0.29) is 0 Å². The molecule has 0 saturated heterocycles. The first kappa shape index (κ1) is 14.3. The summed E-state index contributed by atoms with van der Waals surface area (Å²) in [5.41, 5.74) is -0.411. The Bertz CT molecular complexity index is 260. The van der Waals surface area contributed by atoms with E-state index in [0.717, 1.165) is 51.4 Å². The van der Waals surface area contributed by atoms with E-state index in [9.17, 15) is 9.90 Å². The Labute approximate surface area is 105 Å². The molecule has 1 aliphatic carbocycles. The van der Waals surface area contributed by atoms with Gasteiger partial charge >= 0.3 is 5.97 Å². The molecule has 98 valence electrons. The molecule has 1 N–H and O–H groups in total. The lowest BCUT2D eigenvalue weighted by molar-refractivity contribution is -0.152. The van der Waals surface area contributed by atoms with E-state index in [1.165, 1.54) is 6.42 Å². The van der Waals surface area contributed by atoms with Gasteiger partial charge in [0.05, 0.1) is 5.41 Å². The summed E-state index contributed by atoms with van der Waals surface area (Å²) in [4.78, 5) is 11.5. The van der Waals surface area contributed by atoms with Crippen LogP contribution in [0.25, 0.3) is 0 Å². The van der Waals surface area contributed by atoms with Gasteiger partial charge in [0.25, 0.3) is 0 Å². The van der Waals surface area contributed by atoms with Crippen LogP contribution in [-0.2, 0) is 4.79 Å². The lowest BCUT2D eigenvalue weighted by Gasteiger charge is -2.36. The largest absolute Gasteiger partial charge is 0.481 e. The van der Waals surface area contributed by atoms with Crippen LogP contribution in [-0.4, -0.2) is 11.1 Å². The fraction of sp³-hybridized carbons (Fsp3) is 0.800. The van der Waals surface area contributed by atoms with Crippen molar-refractivity contribution in [3.63, 3.8) is 0 Å². The molecule has 1 aliphatic rings. The predicted octanol–water partition coefficient (Wildman–Crippen LogP) is 4.40. The second-order valence-corrected chi connectivity index (χ2v) is 5.68. The molecule has 0 aromatic heterocycles. The number of carboxylic acids is 1. The maximum absolute atomic E-state index is 11.5. The van der Waals surface area contributed by atoms with Crippen LogP contribution in [0, 0.1) is 11.3 Å². The van der Waals surface area contributed by atoms with E-state index in [2.05, 4.69) is 13.5 Å². The molecule has 1 fully saturated rings. The van der Waals surface area contributed by atoms with E-state index < -0.39 is 11.4 Å². The Hall–Kier alpha value is -0.790. The summed E-state index contributed by atoms with van der Waals surface area (Å²) < 4.78 is 0. The summed E-state index contributed by atoms with van der Waals surface area (Å²) in [5.74, 6) is 0.0146. The van der Waals surface area contributed by atoms with Crippen molar-refractivity contribution in [2.45, 2.75) is 64.7 Å². The lowest BCUT2D eigenvalue weighted by atomic mass is 9.67. The fourth-order valence-electron chi connectivity index (χ4n) is 3.12. The molecule has 2 nitrogen and oxygen atoms in total. The minimum absolute atomic E-state index is 0.411. The summed E-state index contributed by atoms with van der Waals surface area (Å²) in [6, 6.07) is 0. The van der Waals surface area contributed by atoms with Gasteiger partial charge in [-0.1, -0.05) is 38.7 Å². The summed E-state index contributed by atoms with van der Waals surface area (Å²) in [7, 11) is 0. The molecule has 2 heteroatoms. The lowest BCUT2D eigenvalue weighted by Crippen LogP contribution is -2.35. The molecule has 0 spiro atoms. The smallest absolute Gasteiger partial charge is 0.309 e. The van der Waals surface area contributed by atoms with Gasteiger partial charge in [-0.25, -0.2) is 0 Å². The second-order valence-electron chi connectivity index (χ2n) is 5.68. The van der Waals surface area contributed by atoms with Crippen molar-refractivity contribution in [1.82, 2.24) is 0 Å². The third kappa shape index (κ3) is 4.18. The van der Waals surface area contributed by atoms with Gasteiger partial charge in [0, 0.05) is 0 Å². The van der Waals surface area contributed by atoms with E-state index in [1.54, 1.807) is 0 Å². The Balaban J connectivity index is 2.42. The highest BCUT2D eigenvalue weighted by Gasteiger charge is 2.40. The Morgan fingerprint density at radius 2 is 2.24 bits per heavy atom. The average Bonchev–Trinajstić information content (AvgIpc) is 2.28. The van der Waals surface area contributed by atoms with Gasteiger partial charge in [0.1, 0.15) is 0 Å². The molecule has 1 rings (SSSR count). The van der Waals surface area contributed by atoms with Gasteiger partial charge in [-0.15, -0.1) is 6.58 Å². The van der Waals surface area contributed by atoms with Crippen LogP contribution in [0.2, 0.25) is 0 Å². The highest BCUT2D eigenvalue weighted by Crippen LogP contribution is 2.43. The molecule has 1 saturated carbocycles. The van der Waals surface area contributed by atoms with Crippen LogP contribution in [0.5, 0.6) is 0 Å². The van der Waals surface area contributed by atoms with Crippen LogP contribution in [0.3, 0.4) is 0 Å². The van der Waals surface area contributed by atoms with Crippen molar-refractivity contribution in [2.24, 2.45) is 11.3 Å². The third-order valence-electron chi connectivity index (χ3n) is 4.11. The van der Waals surface area contributed by atoms with E-state index in [1.807, 2.05) is 6.08 Å². The van der Waals surface area contributed by atoms with Crippen molar-refractivity contribution in [2.75, 3.05) is 0 Å². The van der Waals surface area contributed by atoms with Crippen LogP contribution in [0.4, 0.5) is 0 Å². The van der Waals surface area contributed by atoms with Crippen LogP contribution in [0.15, 0.2) is 12.7 Å². The molecule has 0 amide bonds. The topological polar surface area (TPSA) is 37.3 Å². The number of hydrogen-bond acceptors (Lipinski definition) is 1. The average molecular weight is 238 g/mol. The summed E-state index contributed by atoms with van der Waals surface area (Å²) in [6.45, 7) is 5.89. The number of rotatable bonds is 7. The minimum Gasteiger partial charge on any atom is -0.481 e. The quantitative estimate of drug-likeness (QED) is 0.527. The molecule has 17 heavy (non-hydrogen) atoms. The monoisotopic (exact) mass is 238 g/mol. The molecular weight excluding hydrogens is 212 g/mol. The Morgan fingerprint density at radius 3 is 2.82 bits per heavy atom. The molecule has 0 aliphatic heterocycles. The Morgan fingerprint density at radius 1 is 1.47 bits per heavy atom. The molecule has 2 unspecified atom stereocenters. The zero-order chi connectivity index (χ0) is 12.7. The summed E-state index contributed by atoms with van der Waals surface area (Å²) >= 11 is 0. The van der Waals surface area contributed by atoms with Gasteiger partial charge in [-0.05, 0) is 38.0 Å². The van der Waals surface area contributed by atoms with Crippen LogP contribution in [0.1, 0.15) is 64.7 Å². The van der Waals surface area contributed by atoms with Gasteiger partial charge in [0.15, 0.2) is 0 Å². The van der Waals surface area contributed by atoms with Crippen molar-refractivity contribution < 1.29 is 9.90 Å². The molecule has 0 aromatic rings. The van der Waals surface area contributed by atoms with Gasteiger partial charge < -0.3 is 5.11 Å². The van der Waals surface area contributed by atoms with Crippen LogP contribution >= 0.6 is 0 Å². The minimum atomic E-state index is -0.562. The standard InChI is InChI=1S/C15H26O2/c1-3-4-5-6-7-10-15(14(16)17)11-8-9-13(2)12-15/h3,13H,1,4-12H2,2H3,(H,16,17). The molecule has 0 aromatic carbocycles. The summed E-state index contributed by atoms with van der Waals surface area (Å²) in [5, 5.41) is 9.49. The van der Waals surface area contributed by atoms with E-state index in [4.69, 9.17) is 0 Å². The van der Waals surface area contributed by atoms with E-state index in [0.29, 0.717) is 5.92 Å². The number of carboxylic acid groups (broad SMARTS) is 1. The summed E-state index contributed by atoms with van der Waals surface area (Å²) in [6.07, 6.45) is 11.2. The van der Waals surface area contributed by atoms with Crippen molar-refractivity contribution in [3.05, 3.63) is 12.7 Å².